The standard InChI is InChI=1S/C14H17F3N2O4S/c1-9(10-4-6-23-7-5-10)13(20)19-24(21,22)12-3-2-11(8-18-12)14(15,16)17/h2-3,8-10H,4-7H2,1H3,(H,19,20)/t9-/m1/s1. The molecule has 1 saturated heterocycles. The van der Waals surface area contributed by atoms with Crippen molar-refractivity contribution in [3.63, 3.8) is 0 Å². The maximum atomic E-state index is 12.5. The van der Waals surface area contributed by atoms with Crippen LogP contribution in [0.5, 0.6) is 0 Å². The number of pyridine rings is 1. The van der Waals surface area contributed by atoms with Gasteiger partial charge >= 0.3 is 6.18 Å². The Morgan fingerprint density at radius 3 is 2.46 bits per heavy atom. The summed E-state index contributed by atoms with van der Waals surface area (Å²) in [6, 6.07) is 1.32. The fourth-order valence-corrected chi connectivity index (χ4v) is 3.41. The highest BCUT2D eigenvalue weighted by Gasteiger charge is 2.32. The molecule has 6 nitrogen and oxygen atoms in total. The first-order valence-corrected chi connectivity index (χ1v) is 8.77. The van der Waals surface area contributed by atoms with Crippen molar-refractivity contribution in [3.8, 4) is 0 Å². The lowest BCUT2D eigenvalue weighted by Gasteiger charge is -2.26. The summed E-state index contributed by atoms with van der Waals surface area (Å²) in [7, 11) is -4.31. The highest BCUT2D eigenvalue weighted by molar-refractivity contribution is 7.90. The Hall–Kier alpha value is -1.68. The molecule has 1 aliphatic rings. The zero-order valence-corrected chi connectivity index (χ0v) is 13.7. The number of hydrogen-bond acceptors (Lipinski definition) is 5. The molecule has 134 valence electrons. The number of alkyl halides is 3. The average molecular weight is 366 g/mol. The van der Waals surface area contributed by atoms with Gasteiger partial charge in [0.05, 0.1) is 5.56 Å². The van der Waals surface area contributed by atoms with Gasteiger partial charge in [-0.15, -0.1) is 0 Å². The van der Waals surface area contributed by atoms with Crippen molar-refractivity contribution in [2.24, 2.45) is 11.8 Å². The summed E-state index contributed by atoms with van der Waals surface area (Å²) >= 11 is 0. The molecular formula is C14H17F3N2O4S. The second kappa shape index (κ2) is 7.06. The third-order valence-corrected chi connectivity index (χ3v) is 5.22. The number of halogens is 3. The Morgan fingerprint density at radius 2 is 1.96 bits per heavy atom. The summed E-state index contributed by atoms with van der Waals surface area (Å²) in [6.45, 7) is 2.63. The molecular weight excluding hydrogens is 349 g/mol. The van der Waals surface area contributed by atoms with E-state index >= 15 is 0 Å². The van der Waals surface area contributed by atoms with Gasteiger partial charge in [-0.25, -0.2) is 9.71 Å². The van der Waals surface area contributed by atoms with E-state index in [1.54, 1.807) is 6.92 Å². The van der Waals surface area contributed by atoms with Crippen molar-refractivity contribution in [2.45, 2.75) is 31.0 Å². The second-order valence-corrected chi connectivity index (χ2v) is 7.22. The van der Waals surface area contributed by atoms with Gasteiger partial charge in [0.15, 0.2) is 5.03 Å². The van der Waals surface area contributed by atoms with Crippen LogP contribution in [0.15, 0.2) is 23.4 Å². The molecule has 1 fully saturated rings. The quantitative estimate of drug-likeness (QED) is 0.881. The van der Waals surface area contributed by atoms with E-state index in [2.05, 4.69) is 4.98 Å². The maximum Gasteiger partial charge on any atom is 0.417 e. The molecule has 1 N–H and O–H groups in total. The molecule has 1 atom stereocenters. The van der Waals surface area contributed by atoms with E-state index in [-0.39, 0.29) is 5.92 Å². The van der Waals surface area contributed by atoms with Crippen LogP contribution in [0.3, 0.4) is 0 Å². The molecule has 0 aliphatic carbocycles. The number of amides is 1. The zero-order valence-electron chi connectivity index (χ0n) is 12.8. The smallest absolute Gasteiger partial charge is 0.381 e. The lowest BCUT2D eigenvalue weighted by atomic mass is 9.87. The third kappa shape index (κ3) is 4.44. The van der Waals surface area contributed by atoms with Gasteiger partial charge in [-0.05, 0) is 30.9 Å². The van der Waals surface area contributed by atoms with E-state index in [4.69, 9.17) is 4.74 Å². The van der Waals surface area contributed by atoms with Gasteiger partial charge in [-0.3, -0.25) is 4.79 Å². The predicted molar refractivity (Wildman–Crippen MR) is 77.3 cm³/mol. The number of sulfonamides is 1. The Morgan fingerprint density at radius 1 is 1.33 bits per heavy atom. The molecule has 1 aromatic rings. The molecule has 1 aliphatic heterocycles. The third-order valence-electron chi connectivity index (χ3n) is 3.96. The molecule has 0 aromatic carbocycles. The van der Waals surface area contributed by atoms with E-state index in [9.17, 15) is 26.4 Å². The van der Waals surface area contributed by atoms with E-state index in [0.717, 1.165) is 6.07 Å². The summed E-state index contributed by atoms with van der Waals surface area (Å²) in [5.41, 5.74) is -1.07. The molecule has 1 amide bonds. The summed E-state index contributed by atoms with van der Waals surface area (Å²) in [6.07, 6.45) is -2.91. The van der Waals surface area contributed by atoms with Crippen LogP contribution in [0, 0.1) is 11.8 Å². The van der Waals surface area contributed by atoms with Gasteiger partial charge in [-0.2, -0.15) is 21.6 Å². The van der Waals surface area contributed by atoms with Crippen LogP contribution < -0.4 is 4.72 Å². The first kappa shape index (κ1) is 18.7. The van der Waals surface area contributed by atoms with Crippen LogP contribution >= 0.6 is 0 Å². The Bertz CT molecular complexity index is 683. The van der Waals surface area contributed by atoms with Crippen LogP contribution in [0.25, 0.3) is 0 Å². The minimum atomic E-state index is -4.61. The normalized spacial score (nSPS) is 18.2. The molecule has 24 heavy (non-hydrogen) atoms. The number of carbonyl (C=O) groups excluding carboxylic acids is 1. The lowest BCUT2D eigenvalue weighted by Crippen LogP contribution is -2.39. The fourth-order valence-electron chi connectivity index (χ4n) is 2.41. The van der Waals surface area contributed by atoms with Crippen LogP contribution in [0.1, 0.15) is 25.3 Å². The molecule has 0 unspecified atom stereocenters. The first-order valence-electron chi connectivity index (χ1n) is 7.29. The molecule has 2 heterocycles. The van der Waals surface area contributed by atoms with Gasteiger partial charge in [0.2, 0.25) is 5.91 Å². The molecule has 0 radical (unpaired) electrons. The minimum absolute atomic E-state index is 0.00508. The summed E-state index contributed by atoms with van der Waals surface area (Å²) in [5.74, 6) is -1.27. The predicted octanol–water partition coefficient (Wildman–Crippen LogP) is 1.97. The lowest BCUT2D eigenvalue weighted by molar-refractivity contribution is -0.138. The average Bonchev–Trinajstić information content (AvgIpc) is 2.54. The Balaban J connectivity index is 2.08. The van der Waals surface area contributed by atoms with E-state index in [1.807, 2.05) is 4.72 Å². The number of nitrogens with one attached hydrogen (secondary N) is 1. The zero-order chi connectivity index (χ0) is 18.0. The van der Waals surface area contributed by atoms with Gasteiger partial charge in [0.1, 0.15) is 0 Å². The number of nitrogens with zero attached hydrogens (tertiary/aromatic N) is 1. The van der Waals surface area contributed by atoms with Crippen molar-refractivity contribution in [1.29, 1.82) is 0 Å². The fraction of sp³-hybridized carbons (Fsp3) is 0.571. The van der Waals surface area contributed by atoms with Crippen molar-refractivity contribution in [2.75, 3.05) is 13.2 Å². The number of carbonyl (C=O) groups is 1. The van der Waals surface area contributed by atoms with Crippen LogP contribution in [0.4, 0.5) is 13.2 Å². The first-order chi connectivity index (χ1) is 11.1. The number of aromatic nitrogens is 1. The van der Waals surface area contributed by atoms with E-state index < -0.39 is 38.6 Å². The van der Waals surface area contributed by atoms with Crippen molar-refractivity contribution < 1.29 is 31.1 Å². The topological polar surface area (TPSA) is 85.4 Å². The summed E-state index contributed by atoms with van der Waals surface area (Å²) in [5, 5.41) is -0.636. The molecule has 0 spiro atoms. The van der Waals surface area contributed by atoms with Crippen molar-refractivity contribution >= 4 is 15.9 Å². The SMILES string of the molecule is C[C@@H](C(=O)NS(=O)(=O)c1ccc(C(F)(F)F)cn1)C1CCOCC1. The van der Waals surface area contributed by atoms with Crippen LogP contribution in [-0.2, 0) is 25.7 Å². The Labute approximate surface area is 137 Å². The number of hydrogen-bond donors (Lipinski definition) is 1. The summed E-state index contributed by atoms with van der Waals surface area (Å²) < 4.78 is 68.6. The second-order valence-electron chi connectivity index (χ2n) is 5.59. The molecule has 10 heteroatoms. The molecule has 2 rings (SSSR count). The molecule has 1 aromatic heterocycles. The summed E-state index contributed by atoms with van der Waals surface area (Å²) in [4.78, 5) is 15.4. The Kier molecular flexibility index (Phi) is 5.49. The monoisotopic (exact) mass is 366 g/mol. The highest BCUT2D eigenvalue weighted by Crippen LogP contribution is 2.29. The van der Waals surface area contributed by atoms with E-state index in [1.165, 1.54) is 0 Å². The van der Waals surface area contributed by atoms with Crippen molar-refractivity contribution in [3.05, 3.63) is 23.9 Å². The highest BCUT2D eigenvalue weighted by atomic mass is 32.2. The van der Waals surface area contributed by atoms with Gasteiger partial charge in [-0.1, -0.05) is 6.92 Å². The molecule has 0 saturated carbocycles. The van der Waals surface area contributed by atoms with Crippen LogP contribution in [0.2, 0.25) is 0 Å². The van der Waals surface area contributed by atoms with E-state index in [0.29, 0.717) is 38.3 Å². The van der Waals surface area contributed by atoms with Gasteiger partial charge in [0, 0.05) is 25.3 Å². The maximum absolute atomic E-state index is 12.5. The largest absolute Gasteiger partial charge is 0.417 e. The minimum Gasteiger partial charge on any atom is -0.381 e. The molecule has 0 bridgehead atoms. The van der Waals surface area contributed by atoms with Crippen LogP contribution in [-0.4, -0.2) is 32.5 Å². The van der Waals surface area contributed by atoms with Crippen molar-refractivity contribution in [1.82, 2.24) is 9.71 Å². The van der Waals surface area contributed by atoms with Gasteiger partial charge in [0.25, 0.3) is 10.0 Å². The number of rotatable bonds is 4. The number of ether oxygens (including phenoxy) is 1. The van der Waals surface area contributed by atoms with Gasteiger partial charge < -0.3 is 4.74 Å².